The van der Waals surface area contributed by atoms with Gasteiger partial charge >= 0.3 is 0 Å². The van der Waals surface area contributed by atoms with E-state index in [2.05, 4.69) is 22.8 Å². The molecule has 2 N–H and O–H groups in total. The standard InChI is InChI=1S/C21H26N2O2S/c1-14(2)25-17-9-7-16(8-10-17)22-21(26)23-20-6-4-5-15-13-18(24-3)11-12-19(15)20/h7-14,20H,4-6H2,1-3H3,(H2,22,23,26)/t20-/m1/s1. The predicted octanol–water partition coefficient (Wildman–Crippen LogP) is 4.85. The molecule has 0 aliphatic heterocycles. The van der Waals surface area contributed by atoms with Gasteiger partial charge in [0.2, 0.25) is 0 Å². The van der Waals surface area contributed by atoms with Crippen LogP contribution in [0.25, 0.3) is 0 Å². The zero-order valence-corrected chi connectivity index (χ0v) is 16.4. The van der Waals surface area contributed by atoms with Crippen molar-refractivity contribution in [1.82, 2.24) is 5.32 Å². The minimum atomic E-state index is 0.168. The molecule has 1 atom stereocenters. The molecule has 0 saturated heterocycles. The van der Waals surface area contributed by atoms with Gasteiger partial charge < -0.3 is 20.1 Å². The summed E-state index contributed by atoms with van der Waals surface area (Å²) < 4.78 is 11.0. The quantitative estimate of drug-likeness (QED) is 0.737. The maximum atomic E-state index is 5.67. The topological polar surface area (TPSA) is 42.5 Å². The van der Waals surface area contributed by atoms with Crippen molar-refractivity contribution in [3.63, 3.8) is 0 Å². The van der Waals surface area contributed by atoms with Crippen molar-refractivity contribution in [2.45, 2.75) is 45.3 Å². The van der Waals surface area contributed by atoms with Gasteiger partial charge in [0.15, 0.2) is 5.11 Å². The SMILES string of the molecule is COc1ccc2c(c1)CCC[C@H]2NC(=S)Nc1ccc(OC(C)C)cc1. The van der Waals surface area contributed by atoms with E-state index in [1.54, 1.807) is 7.11 Å². The Morgan fingerprint density at radius 3 is 2.54 bits per heavy atom. The monoisotopic (exact) mass is 370 g/mol. The van der Waals surface area contributed by atoms with Crippen LogP contribution in [0.4, 0.5) is 5.69 Å². The van der Waals surface area contributed by atoms with Gasteiger partial charge in [0.1, 0.15) is 11.5 Å². The summed E-state index contributed by atoms with van der Waals surface area (Å²) in [5.74, 6) is 1.77. The molecule has 0 fully saturated rings. The molecule has 1 aliphatic carbocycles. The number of fused-ring (bicyclic) bond motifs is 1. The summed E-state index contributed by atoms with van der Waals surface area (Å²) in [6.07, 6.45) is 3.47. The minimum absolute atomic E-state index is 0.168. The number of anilines is 1. The van der Waals surface area contributed by atoms with E-state index in [9.17, 15) is 0 Å². The Bertz CT molecular complexity index is 759. The fourth-order valence-corrected chi connectivity index (χ4v) is 3.54. The van der Waals surface area contributed by atoms with Crippen molar-refractivity contribution in [2.24, 2.45) is 0 Å². The number of hydrogen-bond donors (Lipinski definition) is 2. The predicted molar refractivity (Wildman–Crippen MR) is 110 cm³/mol. The van der Waals surface area contributed by atoms with Gasteiger partial charge in [0, 0.05) is 5.69 Å². The second-order valence-corrected chi connectivity index (χ2v) is 7.21. The van der Waals surface area contributed by atoms with Crippen LogP contribution in [0.2, 0.25) is 0 Å². The van der Waals surface area contributed by atoms with Crippen molar-refractivity contribution in [3.8, 4) is 11.5 Å². The lowest BCUT2D eigenvalue weighted by Crippen LogP contribution is -2.34. The molecule has 2 aromatic rings. The summed E-state index contributed by atoms with van der Waals surface area (Å²) in [6.45, 7) is 4.03. The molecule has 0 spiro atoms. The molecule has 0 heterocycles. The fourth-order valence-electron chi connectivity index (χ4n) is 3.28. The Morgan fingerprint density at radius 2 is 1.85 bits per heavy atom. The van der Waals surface area contributed by atoms with Crippen LogP contribution in [-0.2, 0) is 6.42 Å². The highest BCUT2D eigenvalue weighted by molar-refractivity contribution is 7.80. The van der Waals surface area contributed by atoms with Crippen LogP contribution >= 0.6 is 12.2 Å². The molecule has 26 heavy (non-hydrogen) atoms. The van der Waals surface area contributed by atoms with Gasteiger partial charge in [-0.15, -0.1) is 0 Å². The van der Waals surface area contributed by atoms with Gasteiger partial charge in [-0.3, -0.25) is 0 Å². The van der Waals surface area contributed by atoms with Crippen LogP contribution in [0, 0.1) is 0 Å². The first-order valence-corrected chi connectivity index (χ1v) is 9.47. The minimum Gasteiger partial charge on any atom is -0.497 e. The van der Waals surface area contributed by atoms with Gasteiger partial charge in [-0.2, -0.15) is 0 Å². The van der Waals surface area contributed by atoms with E-state index < -0.39 is 0 Å². The van der Waals surface area contributed by atoms with Crippen LogP contribution < -0.4 is 20.1 Å². The highest BCUT2D eigenvalue weighted by Crippen LogP contribution is 2.32. The Labute approximate surface area is 160 Å². The summed E-state index contributed by atoms with van der Waals surface area (Å²) in [6, 6.07) is 14.4. The van der Waals surface area contributed by atoms with Crippen LogP contribution in [0.15, 0.2) is 42.5 Å². The first-order chi connectivity index (χ1) is 12.5. The van der Waals surface area contributed by atoms with Gasteiger partial charge in [-0.25, -0.2) is 0 Å². The molecule has 0 bridgehead atoms. The highest BCUT2D eigenvalue weighted by Gasteiger charge is 2.21. The fraction of sp³-hybridized carbons (Fsp3) is 0.381. The largest absolute Gasteiger partial charge is 0.497 e. The second kappa shape index (κ2) is 8.41. The number of nitrogens with one attached hydrogen (secondary N) is 2. The lowest BCUT2D eigenvalue weighted by atomic mass is 9.87. The van der Waals surface area contributed by atoms with Gasteiger partial charge in [0.05, 0.1) is 19.3 Å². The lowest BCUT2D eigenvalue weighted by molar-refractivity contribution is 0.242. The molecule has 0 radical (unpaired) electrons. The number of ether oxygens (including phenoxy) is 2. The Morgan fingerprint density at radius 1 is 1.12 bits per heavy atom. The average molecular weight is 371 g/mol. The van der Waals surface area contributed by atoms with E-state index in [-0.39, 0.29) is 12.1 Å². The number of benzene rings is 2. The smallest absolute Gasteiger partial charge is 0.171 e. The summed E-state index contributed by atoms with van der Waals surface area (Å²) in [4.78, 5) is 0. The van der Waals surface area contributed by atoms with Crippen molar-refractivity contribution in [2.75, 3.05) is 12.4 Å². The molecule has 4 nitrogen and oxygen atoms in total. The van der Waals surface area contributed by atoms with E-state index in [0.717, 1.165) is 36.4 Å². The number of hydrogen-bond acceptors (Lipinski definition) is 3. The number of rotatable bonds is 5. The molecule has 5 heteroatoms. The Hall–Kier alpha value is -2.27. The van der Waals surface area contributed by atoms with E-state index in [4.69, 9.17) is 21.7 Å². The summed E-state index contributed by atoms with van der Waals surface area (Å²) in [7, 11) is 1.71. The van der Waals surface area contributed by atoms with Gasteiger partial charge in [-0.1, -0.05) is 6.07 Å². The molecular formula is C21H26N2O2S. The third kappa shape index (κ3) is 4.67. The Balaban J connectivity index is 1.62. The third-order valence-electron chi connectivity index (χ3n) is 4.45. The normalized spacial score (nSPS) is 15.9. The molecule has 0 aromatic heterocycles. The molecule has 3 rings (SSSR count). The van der Waals surface area contributed by atoms with Gasteiger partial charge in [0.25, 0.3) is 0 Å². The van der Waals surface area contributed by atoms with Crippen LogP contribution in [0.3, 0.4) is 0 Å². The summed E-state index contributed by atoms with van der Waals surface area (Å²) in [5.41, 5.74) is 3.59. The number of thiocarbonyl (C=S) groups is 1. The van der Waals surface area contributed by atoms with E-state index in [1.165, 1.54) is 11.1 Å². The first-order valence-electron chi connectivity index (χ1n) is 9.06. The zero-order chi connectivity index (χ0) is 18.5. The van der Waals surface area contributed by atoms with Crippen LogP contribution in [0.5, 0.6) is 11.5 Å². The van der Waals surface area contributed by atoms with Gasteiger partial charge in [-0.05, 0) is 92.9 Å². The highest BCUT2D eigenvalue weighted by atomic mass is 32.1. The Kier molecular flexibility index (Phi) is 5.99. The molecule has 0 saturated carbocycles. The molecule has 0 unspecified atom stereocenters. The lowest BCUT2D eigenvalue weighted by Gasteiger charge is -2.28. The molecular weight excluding hydrogens is 344 g/mol. The van der Waals surface area contributed by atoms with Crippen molar-refractivity contribution in [1.29, 1.82) is 0 Å². The summed E-state index contributed by atoms with van der Waals surface area (Å²) in [5, 5.41) is 7.35. The van der Waals surface area contributed by atoms with E-state index >= 15 is 0 Å². The second-order valence-electron chi connectivity index (χ2n) is 6.80. The van der Waals surface area contributed by atoms with E-state index in [0.29, 0.717) is 5.11 Å². The molecule has 0 amide bonds. The molecule has 138 valence electrons. The molecule has 1 aliphatic rings. The molecule has 2 aromatic carbocycles. The van der Waals surface area contributed by atoms with E-state index in [1.807, 2.05) is 44.2 Å². The van der Waals surface area contributed by atoms with Crippen molar-refractivity contribution < 1.29 is 9.47 Å². The maximum Gasteiger partial charge on any atom is 0.171 e. The third-order valence-corrected chi connectivity index (χ3v) is 4.67. The van der Waals surface area contributed by atoms with Crippen LogP contribution in [0.1, 0.15) is 43.9 Å². The summed E-state index contributed by atoms with van der Waals surface area (Å²) >= 11 is 5.52. The van der Waals surface area contributed by atoms with Crippen LogP contribution in [-0.4, -0.2) is 18.3 Å². The number of methoxy groups -OCH3 is 1. The maximum absolute atomic E-state index is 5.67. The van der Waals surface area contributed by atoms with Crippen molar-refractivity contribution >= 4 is 23.0 Å². The zero-order valence-electron chi connectivity index (χ0n) is 15.5. The average Bonchev–Trinajstić information content (AvgIpc) is 2.62. The first kappa shape index (κ1) is 18.5. The van der Waals surface area contributed by atoms with Crippen molar-refractivity contribution in [3.05, 3.63) is 53.6 Å². The number of aryl methyl sites for hydroxylation is 1.